The minimum Gasteiger partial charge on any atom is -0.358 e. The van der Waals surface area contributed by atoms with E-state index >= 15 is 0 Å². The van der Waals surface area contributed by atoms with Crippen LogP contribution in [0.3, 0.4) is 0 Å². The van der Waals surface area contributed by atoms with Crippen molar-refractivity contribution in [3.63, 3.8) is 0 Å². The lowest BCUT2D eigenvalue weighted by molar-refractivity contribution is -0.133. The second-order valence-corrected chi connectivity index (χ2v) is 4.61. The summed E-state index contributed by atoms with van der Waals surface area (Å²) in [6, 6.07) is -0.475. The Morgan fingerprint density at radius 2 is 2.05 bits per heavy atom. The van der Waals surface area contributed by atoms with Gasteiger partial charge in [-0.25, -0.2) is 15.8 Å². The Morgan fingerprint density at radius 3 is 2.65 bits per heavy atom. The number of carbonyl (C=O) groups is 2. The number of aryl methyl sites for hydroxylation is 1. The van der Waals surface area contributed by atoms with Crippen LogP contribution in [-0.4, -0.2) is 27.8 Å². The van der Waals surface area contributed by atoms with Gasteiger partial charge in [-0.15, -0.1) is 0 Å². The Labute approximate surface area is 116 Å². The van der Waals surface area contributed by atoms with E-state index in [1.54, 1.807) is 0 Å². The molecule has 1 aromatic rings. The van der Waals surface area contributed by atoms with Gasteiger partial charge in [0.2, 0.25) is 11.8 Å². The number of aromatic nitrogens is 2. The van der Waals surface area contributed by atoms with Crippen molar-refractivity contribution in [3.05, 3.63) is 11.4 Å². The molecule has 1 atom stereocenters. The van der Waals surface area contributed by atoms with Crippen molar-refractivity contribution in [1.82, 2.24) is 15.3 Å². The molecular formula is C12H18N6O2. The van der Waals surface area contributed by atoms with Crippen LogP contribution in [0, 0.1) is 6.92 Å². The number of nitrogen functional groups attached to an aromatic ring is 1. The van der Waals surface area contributed by atoms with Gasteiger partial charge in [0.1, 0.15) is 23.5 Å². The third kappa shape index (κ3) is 2.85. The lowest BCUT2D eigenvalue weighted by Crippen LogP contribution is -2.47. The summed E-state index contributed by atoms with van der Waals surface area (Å²) in [5.74, 6) is 6.55. The SMILES string of the molecule is CCc1nc(NN)c(C)c(NC2CCC(=O)NC2=O)n1. The lowest BCUT2D eigenvalue weighted by atomic mass is 10.1. The van der Waals surface area contributed by atoms with Crippen LogP contribution in [0.2, 0.25) is 0 Å². The van der Waals surface area contributed by atoms with Gasteiger partial charge in [0.25, 0.3) is 0 Å². The van der Waals surface area contributed by atoms with Crippen LogP contribution in [0.5, 0.6) is 0 Å². The monoisotopic (exact) mass is 278 g/mol. The number of anilines is 2. The van der Waals surface area contributed by atoms with Crippen LogP contribution in [-0.2, 0) is 16.0 Å². The normalized spacial score (nSPS) is 18.6. The number of nitrogens with one attached hydrogen (secondary N) is 3. The first-order valence-electron chi connectivity index (χ1n) is 6.49. The van der Waals surface area contributed by atoms with Gasteiger partial charge in [-0.1, -0.05) is 6.92 Å². The largest absolute Gasteiger partial charge is 0.358 e. The van der Waals surface area contributed by atoms with E-state index in [4.69, 9.17) is 5.84 Å². The highest BCUT2D eigenvalue weighted by Crippen LogP contribution is 2.21. The number of amides is 2. The summed E-state index contributed by atoms with van der Waals surface area (Å²) in [5, 5.41) is 5.36. The summed E-state index contributed by atoms with van der Waals surface area (Å²) in [6.45, 7) is 3.74. The molecule has 20 heavy (non-hydrogen) atoms. The summed E-state index contributed by atoms with van der Waals surface area (Å²) in [5.41, 5.74) is 3.25. The highest BCUT2D eigenvalue weighted by atomic mass is 16.2. The van der Waals surface area contributed by atoms with Crippen molar-refractivity contribution in [2.45, 2.75) is 39.2 Å². The van der Waals surface area contributed by atoms with Gasteiger partial charge < -0.3 is 10.7 Å². The zero-order valence-electron chi connectivity index (χ0n) is 11.5. The Kier molecular flexibility index (Phi) is 4.14. The molecule has 8 heteroatoms. The molecule has 0 spiro atoms. The number of hydrazine groups is 1. The van der Waals surface area contributed by atoms with Crippen molar-refractivity contribution in [2.24, 2.45) is 5.84 Å². The molecule has 108 valence electrons. The molecule has 2 heterocycles. The molecule has 1 aromatic heterocycles. The molecule has 1 unspecified atom stereocenters. The average molecular weight is 278 g/mol. The number of nitrogens with zero attached hydrogens (tertiary/aromatic N) is 2. The summed E-state index contributed by atoms with van der Waals surface area (Å²) < 4.78 is 0. The van der Waals surface area contributed by atoms with Gasteiger partial charge in [-0.2, -0.15) is 0 Å². The second-order valence-electron chi connectivity index (χ2n) is 4.61. The van der Waals surface area contributed by atoms with Crippen LogP contribution in [0.4, 0.5) is 11.6 Å². The molecule has 1 saturated heterocycles. The number of imide groups is 1. The average Bonchev–Trinajstić information content (AvgIpc) is 2.43. The number of nitrogens with two attached hydrogens (primary N) is 1. The van der Waals surface area contributed by atoms with Crippen LogP contribution in [0.15, 0.2) is 0 Å². The van der Waals surface area contributed by atoms with Crippen molar-refractivity contribution in [2.75, 3.05) is 10.7 Å². The molecule has 0 radical (unpaired) electrons. The number of rotatable bonds is 4. The zero-order chi connectivity index (χ0) is 14.7. The molecule has 1 aliphatic rings. The van der Waals surface area contributed by atoms with Crippen molar-refractivity contribution in [1.29, 1.82) is 0 Å². The molecule has 1 fully saturated rings. The topological polar surface area (TPSA) is 122 Å². The number of piperidine rings is 1. The summed E-state index contributed by atoms with van der Waals surface area (Å²) in [6.07, 6.45) is 1.41. The summed E-state index contributed by atoms with van der Waals surface area (Å²) in [4.78, 5) is 31.5. The Bertz CT molecular complexity index is 545. The quantitative estimate of drug-likeness (QED) is 0.343. The fraction of sp³-hybridized carbons (Fsp3) is 0.500. The first-order chi connectivity index (χ1) is 9.55. The molecule has 8 nitrogen and oxygen atoms in total. The molecule has 5 N–H and O–H groups in total. The Balaban J connectivity index is 2.24. The fourth-order valence-corrected chi connectivity index (χ4v) is 2.00. The van der Waals surface area contributed by atoms with Crippen molar-refractivity contribution in [3.8, 4) is 0 Å². The molecule has 0 aromatic carbocycles. The maximum Gasteiger partial charge on any atom is 0.249 e. The van der Waals surface area contributed by atoms with Gasteiger partial charge in [-0.05, 0) is 13.3 Å². The van der Waals surface area contributed by atoms with E-state index in [0.717, 1.165) is 5.56 Å². The Morgan fingerprint density at radius 1 is 1.35 bits per heavy atom. The van der Waals surface area contributed by atoms with E-state index in [9.17, 15) is 9.59 Å². The molecular weight excluding hydrogens is 260 g/mol. The molecule has 2 rings (SSSR count). The van der Waals surface area contributed by atoms with Gasteiger partial charge in [0.15, 0.2) is 0 Å². The van der Waals surface area contributed by atoms with Crippen LogP contribution in [0.25, 0.3) is 0 Å². The maximum absolute atomic E-state index is 11.8. The van der Waals surface area contributed by atoms with E-state index in [1.807, 2.05) is 13.8 Å². The predicted molar refractivity (Wildman–Crippen MR) is 73.8 cm³/mol. The van der Waals surface area contributed by atoms with E-state index in [2.05, 4.69) is 26.0 Å². The molecule has 0 bridgehead atoms. The van der Waals surface area contributed by atoms with Crippen molar-refractivity contribution >= 4 is 23.5 Å². The first kappa shape index (κ1) is 14.2. The number of hydrogen-bond donors (Lipinski definition) is 4. The third-order valence-corrected chi connectivity index (χ3v) is 3.20. The van der Waals surface area contributed by atoms with E-state index in [-0.39, 0.29) is 11.8 Å². The van der Waals surface area contributed by atoms with Gasteiger partial charge in [0, 0.05) is 18.4 Å². The highest BCUT2D eigenvalue weighted by Gasteiger charge is 2.27. The Hall–Kier alpha value is -2.22. The molecule has 2 amide bonds. The minimum atomic E-state index is -0.475. The van der Waals surface area contributed by atoms with Gasteiger partial charge >= 0.3 is 0 Å². The van der Waals surface area contributed by atoms with Crippen LogP contribution >= 0.6 is 0 Å². The smallest absolute Gasteiger partial charge is 0.249 e. The lowest BCUT2D eigenvalue weighted by Gasteiger charge is -2.23. The van der Waals surface area contributed by atoms with E-state index in [0.29, 0.717) is 36.7 Å². The third-order valence-electron chi connectivity index (χ3n) is 3.20. The maximum atomic E-state index is 11.8. The molecule has 1 aliphatic heterocycles. The first-order valence-corrected chi connectivity index (χ1v) is 6.49. The van der Waals surface area contributed by atoms with E-state index < -0.39 is 6.04 Å². The zero-order valence-corrected chi connectivity index (χ0v) is 11.5. The molecule has 0 saturated carbocycles. The molecule has 0 aliphatic carbocycles. The van der Waals surface area contributed by atoms with Crippen LogP contribution < -0.4 is 21.9 Å². The van der Waals surface area contributed by atoms with E-state index in [1.165, 1.54) is 0 Å². The summed E-state index contributed by atoms with van der Waals surface area (Å²) >= 11 is 0. The second kappa shape index (κ2) is 5.83. The van der Waals surface area contributed by atoms with Crippen molar-refractivity contribution < 1.29 is 9.59 Å². The van der Waals surface area contributed by atoms with Gasteiger partial charge in [-0.3, -0.25) is 14.9 Å². The number of carbonyl (C=O) groups excluding carboxylic acids is 2. The van der Waals surface area contributed by atoms with Gasteiger partial charge in [0.05, 0.1) is 0 Å². The standard InChI is InChI=1S/C12H18N6O2/c1-3-8-15-10(6(2)11(16-8)18-13)14-7-4-5-9(19)17-12(7)20/h7H,3-5,13H2,1-2H3,(H,17,19,20)(H2,14,15,16,18). The van der Waals surface area contributed by atoms with Crippen LogP contribution in [0.1, 0.15) is 31.2 Å². The summed E-state index contributed by atoms with van der Waals surface area (Å²) in [7, 11) is 0. The predicted octanol–water partition coefficient (Wildman–Crippen LogP) is -0.150. The number of hydrogen-bond acceptors (Lipinski definition) is 7. The highest BCUT2D eigenvalue weighted by molar-refractivity contribution is 6.01. The minimum absolute atomic E-state index is 0.244. The fourth-order valence-electron chi connectivity index (χ4n) is 2.00.